The molecule has 10 heteroatoms. The lowest BCUT2D eigenvalue weighted by molar-refractivity contribution is -0.412. The van der Waals surface area contributed by atoms with E-state index in [0.717, 1.165) is 5.01 Å². The van der Waals surface area contributed by atoms with E-state index in [4.69, 9.17) is 10.6 Å². The third-order valence-corrected chi connectivity index (χ3v) is 3.25. The van der Waals surface area contributed by atoms with Gasteiger partial charge in [-0.25, -0.2) is 5.84 Å². The predicted molar refractivity (Wildman–Crippen MR) is 63.2 cm³/mol. The van der Waals surface area contributed by atoms with Crippen LogP contribution in [-0.2, 0) is 4.74 Å². The minimum Gasteiger partial charge on any atom is -0.378 e. The maximum absolute atomic E-state index is 12.1. The topological polar surface area (TPSA) is 81.6 Å². The van der Waals surface area contributed by atoms with Gasteiger partial charge in [0.05, 0.1) is 22.8 Å². The van der Waals surface area contributed by atoms with Crippen molar-refractivity contribution in [3.8, 4) is 0 Å². The van der Waals surface area contributed by atoms with Gasteiger partial charge in [-0.1, -0.05) is 0 Å². The molecule has 6 nitrogen and oxygen atoms in total. The molecule has 1 saturated carbocycles. The second kappa shape index (κ2) is 6.44. The Labute approximate surface area is 111 Å². The van der Waals surface area contributed by atoms with Crippen LogP contribution in [-0.4, -0.2) is 34.2 Å². The van der Waals surface area contributed by atoms with E-state index < -0.39 is 27.2 Å². The van der Waals surface area contributed by atoms with Crippen molar-refractivity contribution in [3.05, 3.63) is 21.3 Å². The fourth-order valence-corrected chi connectivity index (χ4v) is 2.10. The van der Waals surface area contributed by atoms with Crippen LogP contribution in [0.15, 0.2) is 11.2 Å². The predicted octanol–water partition coefficient (Wildman–Crippen LogP) is 2.06. The van der Waals surface area contributed by atoms with Crippen molar-refractivity contribution in [2.75, 3.05) is 6.61 Å². The van der Waals surface area contributed by atoms with Crippen molar-refractivity contribution in [2.24, 2.45) is 5.84 Å². The molecule has 0 aromatic heterocycles. The number of thioether (sulfide) groups is 1. The van der Waals surface area contributed by atoms with E-state index in [1.165, 1.54) is 0 Å². The van der Waals surface area contributed by atoms with Gasteiger partial charge in [0.15, 0.2) is 0 Å². The minimum absolute atomic E-state index is 0.0174. The normalized spacial score (nSPS) is 23.9. The van der Waals surface area contributed by atoms with Crippen molar-refractivity contribution in [3.63, 3.8) is 0 Å². The van der Waals surface area contributed by atoms with Crippen LogP contribution < -0.4 is 5.84 Å². The van der Waals surface area contributed by atoms with Gasteiger partial charge < -0.3 is 9.75 Å². The molecule has 2 N–H and O–H groups in total. The van der Waals surface area contributed by atoms with E-state index in [1.54, 1.807) is 0 Å². The Balaban J connectivity index is 2.57. The number of halogens is 3. The van der Waals surface area contributed by atoms with Crippen molar-refractivity contribution in [1.29, 1.82) is 0 Å². The fourth-order valence-electron chi connectivity index (χ4n) is 1.62. The van der Waals surface area contributed by atoms with Crippen LogP contribution in [0.3, 0.4) is 0 Å². The van der Waals surface area contributed by atoms with Crippen LogP contribution in [0.1, 0.15) is 19.8 Å². The maximum Gasteiger partial charge on any atom is 0.452 e. The minimum atomic E-state index is -4.72. The van der Waals surface area contributed by atoms with Crippen molar-refractivity contribution >= 4 is 11.8 Å². The summed E-state index contributed by atoms with van der Waals surface area (Å²) in [4.78, 5) is 9.42. The standard InChI is InChI=1S/C9H14F3N3O3S/c1-2-18-7-3-6(4-7)14(13)5-8(15(16)17)19-9(10,11)12/h5-7H,2-4,13H2,1H3/b8-5-. The first kappa shape index (κ1) is 16.1. The first-order valence-corrected chi connectivity index (χ1v) is 6.31. The van der Waals surface area contributed by atoms with E-state index in [1.807, 2.05) is 6.92 Å². The molecule has 0 aromatic rings. The molecule has 0 unspecified atom stereocenters. The Morgan fingerprint density at radius 3 is 2.63 bits per heavy atom. The van der Waals surface area contributed by atoms with E-state index in [-0.39, 0.29) is 12.1 Å². The molecule has 0 radical (unpaired) electrons. The largest absolute Gasteiger partial charge is 0.452 e. The van der Waals surface area contributed by atoms with Crippen LogP contribution in [0, 0.1) is 10.1 Å². The lowest BCUT2D eigenvalue weighted by Gasteiger charge is -2.39. The Hall–Kier alpha value is -1.00. The van der Waals surface area contributed by atoms with E-state index in [2.05, 4.69) is 0 Å². The van der Waals surface area contributed by atoms with Gasteiger partial charge in [0, 0.05) is 12.6 Å². The number of nitrogens with two attached hydrogens (primary N) is 1. The van der Waals surface area contributed by atoms with Crippen molar-refractivity contribution < 1.29 is 22.8 Å². The maximum atomic E-state index is 12.1. The Morgan fingerprint density at radius 1 is 1.63 bits per heavy atom. The number of nitro groups is 1. The summed E-state index contributed by atoms with van der Waals surface area (Å²) >= 11 is -0.790. The zero-order valence-electron chi connectivity index (χ0n) is 10.1. The number of ether oxygens (including phenoxy) is 1. The number of nitrogens with zero attached hydrogens (tertiary/aromatic N) is 2. The van der Waals surface area contributed by atoms with Gasteiger partial charge in [-0.2, -0.15) is 13.2 Å². The molecule has 19 heavy (non-hydrogen) atoms. The number of alkyl halides is 3. The molecule has 0 heterocycles. The SMILES string of the molecule is CCOC1CC(N(N)/C=C(\SC(F)(F)F)[N+](=O)[O-])C1. The summed E-state index contributed by atoms with van der Waals surface area (Å²) in [5, 5.41) is 10.4. The lowest BCUT2D eigenvalue weighted by Crippen LogP contribution is -2.49. The van der Waals surface area contributed by atoms with Gasteiger partial charge in [0.2, 0.25) is 0 Å². The molecule has 1 aliphatic rings. The van der Waals surface area contributed by atoms with Gasteiger partial charge in [-0.15, -0.1) is 0 Å². The highest BCUT2D eigenvalue weighted by molar-refractivity contribution is 8.03. The summed E-state index contributed by atoms with van der Waals surface area (Å²) in [5.41, 5.74) is -4.72. The summed E-state index contributed by atoms with van der Waals surface area (Å²) < 4.78 is 41.6. The molecule has 0 aromatic carbocycles. The number of hydrogen-bond acceptors (Lipinski definition) is 6. The Morgan fingerprint density at radius 2 is 2.21 bits per heavy atom. The molecule has 0 aliphatic heterocycles. The highest BCUT2D eigenvalue weighted by Crippen LogP contribution is 2.37. The molecule has 110 valence electrons. The monoisotopic (exact) mass is 301 g/mol. The second-order valence-corrected chi connectivity index (χ2v) is 5.01. The van der Waals surface area contributed by atoms with Crippen LogP contribution in [0.5, 0.6) is 0 Å². The highest BCUT2D eigenvalue weighted by atomic mass is 32.2. The Bertz CT molecular complexity index is 358. The molecule has 0 bridgehead atoms. The third-order valence-electron chi connectivity index (χ3n) is 2.55. The van der Waals surface area contributed by atoms with Gasteiger partial charge in [-0.3, -0.25) is 10.1 Å². The average Bonchev–Trinajstić information content (AvgIpc) is 2.19. The first-order valence-electron chi connectivity index (χ1n) is 5.49. The van der Waals surface area contributed by atoms with Crippen LogP contribution >= 0.6 is 11.8 Å². The quantitative estimate of drug-likeness (QED) is 0.459. The summed E-state index contributed by atoms with van der Waals surface area (Å²) in [6.45, 7) is 2.38. The average molecular weight is 301 g/mol. The summed E-state index contributed by atoms with van der Waals surface area (Å²) in [7, 11) is 0. The first-order chi connectivity index (χ1) is 8.73. The molecule has 1 fully saturated rings. The smallest absolute Gasteiger partial charge is 0.378 e. The van der Waals surface area contributed by atoms with Crippen LogP contribution in [0.2, 0.25) is 0 Å². The molecule has 1 aliphatic carbocycles. The molecule has 0 amide bonds. The summed E-state index contributed by atoms with van der Waals surface area (Å²) in [6, 6.07) is -0.236. The fraction of sp³-hybridized carbons (Fsp3) is 0.778. The zero-order valence-corrected chi connectivity index (χ0v) is 10.9. The van der Waals surface area contributed by atoms with Crippen molar-refractivity contribution in [1.82, 2.24) is 5.01 Å². The second-order valence-electron chi connectivity index (χ2n) is 3.92. The summed E-state index contributed by atoms with van der Waals surface area (Å²) in [5.74, 6) is 5.51. The van der Waals surface area contributed by atoms with Crippen LogP contribution in [0.4, 0.5) is 13.2 Å². The van der Waals surface area contributed by atoms with E-state index >= 15 is 0 Å². The number of rotatable bonds is 6. The van der Waals surface area contributed by atoms with Gasteiger partial charge >= 0.3 is 10.5 Å². The molecule has 0 saturated heterocycles. The number of hydrogen-bond donors (Lipinski definition) is 1. The van der Waals surface area contributed by atoms with Gasteiger partial charge in [0.25, 0.3) is 0 Å². The van der Waals surface area contributed by atoms with E-state index in [9.17, 15) is 23.3 Å². The van der Waals surface area contributed by atoms with E-state index in [0.29, 0.717) is 25.6 Å². The third kappa shape index (κ3) is 5.25. The zero-order chi connectivity index (χ0) is 14.6. The van der Waals surface area contributed by atoms with Gasteiger partial charge in [0.1, 0.15) is 6.20 Å². The molecular formula is C9H14F3N3O3S. The van der Waals surface area contributed by atoms with Gasteiger partial charge in [-0.05, 0) is 19.8 Å². The Kier molecular flexibility index (Phi) is 5.44. The molecule has 1 rings (SSSR count). The lowest BCUT2D eigenvalue weighted by atomic mass is 9.89. The molecular weight excluding hydrogens is 287 g/mol. The molecule has 0 atom stereocenters. The summed E-state index contributed by atoms with van der Waals surface area (Å²) in [6.07, 6.45) is 1.82. The highest BCUT2D eigenvalue weighted by Gasteiger charge is 2.38. The van der Waals surface area contributed by atoms with Crippen molar-refractivity contribution in [2.45, 2.75) is 37.4 Å². The van der Waals surface area contributed by atoms with Crippen LogP contribution in [0.25, 0.3) is 0 Å². The number of hydrazine groups is 1. The molecule has 0 spiro atoms.